The van der Waals surface area contributed by atoms with Gasteiger partial charge < -0.3 is 9.84 Å². The Balaban J connectivity index is 3.35. The first kappa shape index (κ1) is 10.5. The van der Waals surface area contributed by atoms with E-state index in [0.29, 0.717) is 0 Å². The predicted octanol–water partition coefficient (Wildman–Crippen LogP) is 0.364. The zero-order valence-corrected chi connectivity index (χ0v) is 8.15. The molecule has 0 aliphatic carbocycles. The van der Waals surface area contributed by atoms with Gasteiger partial charge in [0, 0.05) is 0 Å². The van der Waals surface area contributed by atoms with Gasteiger partial charge >= 0.3 is 5.97 Å². The van der Waals surface area contributed by atoms with Gasteiger partial charge in [-0.25, -0.2) is 13.2 Å². The molecule has 0 aromatic heterocycles. The molecule has 0 bridgehead atoms. The molecule has 0 amide bonds. The third-order valence-electron chi connectivity index (χ3n) is 1.62. The molecule has 1 N–H and O–H groups in total. The molecule has 0 atom stereocenters. The van der Waals surface area contributed by atoms with Gasteiger partial charge in [-0.05, 0) is 18.2 Å². The first-order valence-corrected chi connectivity index (χ1v) is 4.79. The zero-order chi connectivity index (χ0) is 10.7. The first-order chi connectivity index (χ1) is 6.56. The maximum Gasteiger partial charge on any atom is 0.335 e. The van der Waals surface area contributed by atoms with E-state index in [1.807, 2.05) is 0 Å². The largest absolute Gasteiger partial charge is 0.495 e. The molecule has 0 fully saturated rings. The molecular formula is C8H8O5S. The molecule has 1 aromatic carbocycles. The molecule has 6 heteroatoms. The number of carbonyl (C=O) groups is 1. The van der Waals surface area contributed by atoms with Gasteiger partial charge in [0.1, 0.15) is 10.6 Å². The Labute approximate surface area is 81.9 Å². The molecule has 0 unspecified atom stereocenters. The van der Waals surface area contributed by atoms with E-state index in [9.17, 15) is 13.2 Å². The van der Waals surface area contributed by atoms with Gasteiger partial charge in [-0.3, -0.25) is 0 Å². The molecule has 5 nitrogen and oxygen atoms in total. The summed E-state index contributed by atoms with van der Waals surface area (Å²) < 4.78 is 26.2. The normalized spacial score (nSPS) is 10.1. The number of benzene rings is 1. The number of carboxylic acid groups (broad SMARTS) is 1. The van der Waals surface area contributed by atoms with Gasteiger partial charge in [0.05, 0.1) is 12.7 Å². The number of aromatic carboxylic acids is 1. The summed E-state index contributed by atoms with van der Waals surface area (Å²) >= 11 is 0. The van der Waals surface area contributed by atoms with Crippen LogP contribution in [0, 0.1) is 0 Å². The van der Waals surface area contributed by atoms with Crippen molar-refractivity contribution in [1.82, 2.24) is 0 Å². The lowest BCUT2D eigenvalue weighted by Crippen LogP contribution is -1.98. The summed E-state index contributed by atoms with van der Waals surface area (Å²) in [6.45, 7) is 0. The number of methoxy groups -OCH3 is 1. The van der Waals surface area contributed by atoms with Crippen LogP contribution in [0.1, 0.15) is 10.4 Å². The van der Waals surface area contributed by atoms with Crippen molar-refractivity contribution >= 4 is 16.7 Å². The van der Waals surface area contributed by atoms with Crippen LogP contribution in [0.3, 0.4) is 0 Å². The number of hydrogen-bond donors (Lipinski definition) is 2. The van der Waals surface area contributed by atoms with Gasteiger partial charge in [-0.1, -0.05) is 0 Å². The molecule has 0 aliphatic heterocycles. The molecule has 0 aliphatic rings. The van der Waals surface area contributed by atoms with Gasteiger partial charge in [0.15, 0.2) is 10.7 Å². The molecule has 1 rings (SSSR count). The van der Waals surface area contributed by atoms with E-state index in [-0.39, 0.29) is 16.2 Å². The number of carboxylic acids is 1. The van der Waals surface area contributed by atoms with Crippen molar-refractivity contribution in [3.63, 3.8) is 0 Å². The fraction of sp³-hybridized carbons (Fsp3) is 0.125. The Morgan fingerprint density at radius 2 is 2.07 bits per heavy atom. The van der Waals surface area contributed by atoms with E-state index in [4.69, 9.17) is 9.84 Å². The topological polar surface area (TPSA) is 80.7 Å². The summed E-state index contributed by atoms with van der Waals surface area (Å²) in [4.78, 5) is 10.4. The molecule has 76 valence electrons. The van der Waals surface area contributed by atoms with Crippen molar-refractivity contribution in [2.24, 2.45) is 0 Å². The minimum atomic E-state index is -2.85. The maximum absolute atomic E-state index is 10.7. The lowest BCUT2D eigenvalue weighted by molar-refractivity contribution is 0.0696. The molecule has 14 heavy (non-hydrogen) atoms. The van der Waals surface area contributed by atoms with Gasteiger partial charge in [0.25, 0.3) is 0 Å². The quantitative estimate of drug-likeness (QED) is 0.713. The summed E-state index contributed by atoms with van der Waals surface area (Å²) in [5, 5.41) is 8.62. The Morgan fingerprint density at radius 3 is 2.50 bits per heavy atom. The van der Waals surface area contributed by atoms with Crippen LogP contribution in [0.4, 0.5) is 0 Å². The average Bonchev–Trinajstić information content (AvgIpc) is 2.16. The van der Waals surface area contributed by atoms with Crippen LogP contribution in [0.25, 0.3) is 0 Å². The number of rotatable bonds is 3. The second-order valence-electron chi connectivity index (χ2n) is 2.45. The standard InChI is InChI=1S/C8H8O5S/c1-13-6-3-2-5(8(9)10)4-7(6)14(11)12/h2-4,14H,1H3,(H,9,10). The van der Waals surface area contributed by atoms with Crippen molar-refractivity contribution < 1.29 is 23.1 Å². The molecule has 0 spiro atoms. The van der Waals surface area contributed by atoms with Crippen LogP contribution in [0.5, 0.6) is 5.75 Å². The minimum Gasteiger partial charge on any atom is -0.495 e. The third-order valence-corrected chi connectivity index (χ3v) is 2.37. The third kappa shape index (κ3) is 2.02. The first-order valence-electron chi connectivity index (χ1n) is 3.62. The summed E-state index contributed by atoms with van der Waals surface area (Å²) in [7, 11) is -1.53. The van der Waals surface area contributed by atoms with E-state index in [1.54, 1.807) is 0 Å². The van der Waals surface area contributed by atoms with Crippen LogP contribution in [0.2, 0.25) is 0 Å². The lowest BCUT2D eigenvalue weighted by Gasteiger charge is -2.03. The maximum atomic E-state index is 10.7. The van der Waals surface area contributed by atoms with E-state index in [1.165, 1.54) is 19.2 Å². The number of ether oxygens (including phenoxy) is 1. The van der Waals surface area contributed by atoms with Gasteiger partial charge in [0.2, 0.25) is 0 Å². The molecule has 0 saturated carbocycles. The molecule has 0 heterocycles. The summed E-state index contributed by atoms with van der Waals surface area (Å²) in [6.07, 6.45) is 0. The van der Waals surface area contributed by atoms with Crippen LogP contribution in [-0.2, 0) is 10.7 Å². The van der Waals surface area contributed by atoms with Crippen molar-refractivity contribution in [1.29, 1.82) is 0 Å². The highest BCUT2D eigenvalue weighted by molar-refractivity contribution is 7.72. The summed E-state index contributed by atoms with van der Waals surface area (Å²) in [5.74, 6) is -1.03. The van der Waals surface area contributed by atoms with Crippen molar-refractivity contribution in [3.8, 4) is 5.75 Å². The van der Waals surface area contributed by atoms with E-state index in [0.717, 1.165) is 6.07 Å². The zero-order valence-electron chi connectivity index (χ0n) is 7.26. The Kier molecular flexibility index (Phi) is 3.08. The average molecular weight is 216 g/mol. The highest BCUT2D eigenvalue weighted by Gasteiger charge is 2.10. The monoisotopic (exact) mass is 216 g/mol. The number of hydrogen-bond acceptors (Lipinski definition) is 4. The van der Waals surface area contributed by atoms with Crippen molar-refractivity contribution in [3.05, 3.63) is 23.8 Å². The van der Waals surface area contributed by atoms with Gasteiger partial charge in [-0.15, -0.1) is 0 Å². The molecule has 1 aromatic rings. The van der Waals surface area contributed by atoms with Crippen LogP contribution in [0.15, 0.2) is 23.1 Å². The Hall–Kier alpha value is -1.56. The minimum absolute atomic E-state index is 0.0833. The predicted molar refractivity (Wildman–Crippen MR) is 48.5 cm³/mol. The summed E-state index contributed by atoms with van der Waals surface area (Å²) in [5.41, 5.74) is -0.0833. The smallest absolute Gasteiger partial charge is 0.335 e. The van der Waals surface area contributed by atoms with Crippen LogP contribution >= 0.6 is 0 Å². The van der Waals surface area contributed by atoms with E-state index in [2.05, 4.69) is 0 Å². The lowest BCUT2D eigenvalue weighted by atomic mass is 10.2. The second kappa shape index (κ2) is 4.10. The van der Waals surface area contributed by atoms with E-state index >= 15 is 0 Å². The fourth-order valence-corrected chi connectivity index (χ4v) is 1.56. The number of thiol groups is 1. The van der Waals surface area contributed by atoms with Crippen molar-refractivity contribution in [2.45, 2.75) is 4.90 Å². The van der Waals surface area contributed by atoms with Gasteiger partial charge in [-0.2, -0.15) is 0 Å². The SMILES string of the molecule is COc1ccc(C(=O)O)cc1[SH](=O)=O. The van der Waals surface area contributed by atoms with Crippen molar-refractivity contribution in [2.75, 3.05) is 7.11 Å². The highest BCUT2D eigenvalue weighted by atomic mass is 32.2. The Morgan fingerprint density at radius 1 is 1.43 bits per heavy atom. The second-order valence-corrected chi connectivity index (χ2v) is 3.44. The van der Waals surface area contributed by atoms with Crippen LogP contribution in [-0.4, -0.2) is 26.6 Å². The fourth-order valence-electron chi connectivity index (χ4n) is 0.966. The Bertz CT molecular complexity index is 427. The molecule has 0 radical (unpaired) electrons. The highest BCUT2D eigenvalue weighted by Crippen LogP contribution is 2.20. The van der Waals surface area contributed by atoms with E-state index < -0.39 is 16.7 Å². The molecular weight excluding hydrogens is 208 g/mol. The summed E-state index contributed by atoms with van der Waals surface area (Å²) in [6, 6.07) is 3.65. The van der Waals surface area contributed by atoms with Crippen LogP contribution < -0.4 is 4.74 Å². The molecule has 0 saturated heterocycles.